The SMILES string of the molecule is CCn1nc2n(c1=O)CCOC2CC(=O)NCCN1CCC(Cc2ccccc2)CC1. The number of nitrogens with one attached hydrogen (secondary N) is 1. The molecule has 168 valence electrons. The number of piperidine rings is 1. The highest BCUT2D eigenvalue weighted by molar-refractivity contribution is 5.76. The topological polar surface area (TPSA) is 81.4 Å². The fraction of sp³-hybridized carbons (Fsp3) is 0.609. The summed E-state index contributed by atoms with van der Waals surface area (Å²) in [6.45, 7) is 6.98. The summed E-state index contributed by atoms with van der Waals surface area (Å²) in [7, 11) is 0. The van der Waals surface area contributed by atoms with Crippen LogP contribution in [0.4, 0.5) is 0 Å². The summed E-state index contributed by atoms with van der Waals surface area (Å²) in [6, 6.07) is 10.7. The van der Waals surface area contributed by atoms with Gasteiger partial charge in [-0.25, -0.2) is 9.48 Å². The Morgan fingerprint density at radius 3 is 2.71 bits per heavy atom. The molecular formula is C23H33N5O3. The molecule has 0 radical (unpaired) electrons. The molecule has 4 rings (SSSR count). The molecule has 1 N–H and O–H groups in total. The molecule has 1 saturated heterocycles. The Labute approximate surface area is 183 Å². The van der Waals surface area contributed by atoms with Gasteiger partial charge in [0.1, 0.15) is 6.10 Å². The molecule has 0 bridgehead atoms. The lowest BCUT2D eigenvalue weighted by Gasteiger charge is -2.32. The van der Waals surface area contributed by atoms with Gasteiger partial charge < -0.3 is 15.0 Å². The summed E-state index contributed by atoms with van der Waals surface area (Å²) in [6.07, 6.45) is 3.31. The summed E-state index contributed by atoms with van der Waals surface area (Å²) < 4.78 is 8.79. The van der Waals surface area contributed by atoms with E-state index in [9.17, 15) is 9.59 Å². The van der Waals surface area contributed by atoms with Crippen LogP contribution in [0.15, 0.2) is 35.1 Å². The predicted octanol–water partition coefficient (Wildman–Crippen LogP) is 1.60. The lowest BCUT2D eigenvalue weighted by Crippen LogP contribution is -2.40. The average molecular weight is 428 g/mol. The van der Waals surface area contributed by atoms with E-state index in [0.717, 1.165) is 32.0 Å². The van der Waals surface area contributed by atoms with Gasteiger partial charge in [0.15, 0.2) is 5.82 Å². The highest BCUT2D eigenvalue weighted by Gasteiger charge is 2.28. The first-order valence-corrected chi connectivity index (χ1v) is 11.5. The van der Waals surface area contributed by atoms with Crippen LogP contribution in [0.2, 0.25) is 0 Å². The molecule has 3 heterocycles. The summed E-state index contributed by atoms with van der Waals surface area (Å²) >= 11 is 0. The Hall–Kier alpha value is -2.45. The third-order valence-electron chi connectivity index (χ3n) is 6.37. The third kappa shape index (κ3) is 5.43. The Bertz CT molecular complexity index is 915. The second kappa shape index (κ2) is 10.2. The molecule has 2 aromatic rings. The molecule has 1 amide bonds. The number of aromatic nitrogens is 3. The van der Waals surface area contributed by atoms with Crippen LogP contribution < -0.4 is 11.0 Å². The molecule has 2 aliphatic rings. The molecule has 1 aromatic carbocycles. The van der Waals surface area contributed by atoms with E-state index in [0.29, 0.717) is 32.1 Å². The molecule has 1 atom stereocenters. The fourth-order valence-corrected chi connectivity index (χ4v) is 4.58. The van der Waals surface area contributed by atoms with Crippen LogP contribution in [0.1, 0.15) is 43.7 Å². The number of nitrogens with zero attached hydrogens (tertiary/aromatic N) is 4. The number of likely N-dealkylation sites (tertiary alicyclic amines) is 1. The number of carbonyl (C=O) groups is 1. The van der Waals surface area contributed by atoms with E-state index in [2.05, 4.69) is 45.6 Å². The van der Waals surface area contributed by atoms with Gasteiger partial charge in [-0.05, 0) is 50.8 Å². The number of fused-ring (bicyclic) bond motifs is 1. The van der Waals surface area contributed by atoms with Gasteiger partial charge in [-0.15, -0.1) is 0 Å². The van der Waals surface area contributed by atoms with Gasteiger partial charge in [0.05, 0.1) is 19.6 Å². The van der Waals surface area contributed by atoms with Crippen molar-refractivity contribution in [2.75, 3.05) is 32.8 Å². The average Bonchev–Trinajstić information content (AvgIpc) is 3.12. The second-order valence-electron chi connectivity index (χ2n) is 8.50. The summed E-state index contributed by atoms with van der Waals surface area (Å²) in [5.74, 6) is 1.25. The second-order valence-corrected chi connectivity index (χ2v) is 8.50. The van der Waals surface area contributed by atoms with E-state index in [1.807, 2.05) is 6.92 Å². The zero-order valence-electron chi connectivity index (χ0n) is 18.3. The number of aryl methyl sites for hydroxylation is 1. The van der Waals surface area contributed by atoms with Crippen LogP contribution in [-0.2, 0) is 29.0 Å². The molecule has 31 heavy (non-hydrogen) atoms. The Morgan fingerprint density at radius 2 is 1.97 bits per heavy atom. The summed E-state index contributed by atoms with van der Waals surface area (Å²) in [5, 5.41) is 7.36. The minimum atomic E-state index is -0.456. The fourth-order valence-electron chi connectivity index (χ4n) is 4.58. The molecule has 8 nitrogen and oxygen atoms in total. The van der Waals surface area contributed by atoms with Crippen LogP contribution in [0.3, 0.4) is 0 Å². The van der Waals surface area contributed by atoms with Gasteiger partial charge >= 0.3 is 5.69 Å². The quantitative estimate of drug-likeness (QED) is 0.692. The molecule has 1 aromatic heterocycles. The normalized spacial score (nSPS) is 19.8. The first-order chi connectivity index (χ1) is 15.1. The smallest absolute Gasteiger partial charge is 0.346 e. The van der Waals surface area contributed by atoms with Gasteiger partial charge in [0, 0.05) is 19.6 Å². The number of benzene rings is 1. The first kappa shape index (κ1) is 21.8. The van der Waals surface area contributed by atoms with E-state index in [-0.39, 0.29) is 18.0 Å². The lowest BCUT2D eigenvalue weighted by atomic mass is 9.90. The Balaban J connectivity index is 1.18. The van der Waals surface area contributed by atoms with Crippen molar-refractivity contribution in [3.05, 3.63) is 52.2 Å². The molecule has 1 unspecified atom stereocenters. The zero-order chi connectivity index (χ0) is 21.6. The number of amides is 1. The Kier molecular flexibility index (Phi) is 7.19. The lowest BCUT2D eigenvalue weighted by molar-refractivity contribution is -0.125. The molecule has 0 spiro atoms. The largest absolute Gasteiger partial charge is 0.368 e. The van der Waals surface area contributed by atoms with Crippen LogP contribution >= 0.6 is 0 Å². The molecule has 2 aliphatic heterocycles. The minimum Gasteiger partial charge on any atom is -0.368 e. The summed E-state index contributed by atoms with van der Waals surface area (Å²) in [5.41, 5.74) is 1.30. The van der Waals surface area contributed by atoms with Crippen molar-refractivity contribution in [1.29, 1.82) is 0 Å². The number of carbonyl (C=O) groups excluding carboxylic acids is 1. The van der Waals surface area contributed by atoms with Crippen molar-refractivity contribution in [3.8, 4) is 0 Å². The van der Waals surface area contributed by atoms with Crippen LogP contribution in [-0.4, -0.2) is 57.9 Å². The first-order valence-electron chi connectivity index (χ1n) is 11.5. The number of hydrogen-bond donors (Lipinski definition) is 1. The standard InChI is InChI=1S/C23H33N5O3/c1-2-28-23(30)27-14-15-31-20(22(27)25-28)17-21(29)24-10-13-26-11-8-19(9-12-26)16-18-6-4-3-5-7-18/h3-7,19-20H,2,8-17H2,1H3,(H,24,29). The molecular weight excluding hydrogens is 394 g/mol. The van der Waals surface area contributed by atoms with Crippen LogP contribution in [0, 0.1) is 5.92 Å². The molecule has 0 aliphatic carbocycles. The summed E-state index contributed by atoms with van der Waals surface area (Å²) in [4.78, 5) is 27.1. The van der Waals surface area contributed by atoms with E-state index in [1.54, 1.807) is 4.57 Å². The van der Waals surface area contributed by atoms with Gasteiger partial charge in [-0.3, -0.25) is 9.36 Å². The molecule has 1 fully saturated rings. The predicted molar refractivity (Wildman–Crippen MR) is 118 cm³/mol. The van der Waals surface area contributed by atoms with Gasteiger partial charge in [-0.1, -0.05) is 30.3 Å². The highest BCUT2D eigenvalue weighted by Crippen LogP contribution is 2.23. The minimum absolute atomic E-state index is 0.0593. The van der Waals surface area contributed by atoms with Gasteiger partial charge in [-0.2, -0.15) is 5.10 Å². The van der Waals surface area contributed by atoms with E-state index >= 15 is 0 Å². The highest BCUT2D eigenvalue weighted by atomic mass is 16.5. The van der Waals surface area contributed by atoms with Crippen molar-refractivity contribution < 1.29 is 9.53 Å². The van der Waals surface area contributed by atoms with Gasteiger partial charge in [0.25, 0.3) is 0 Å². The number of hydrogen-bond acceptors (Lipinski definition) is 5. The van der Waals surface area contributed by atoms with Crippen molar-refractivity contribution in [3.63, 3.8) is 0 Å². The van der Waals surface area contributed by atoms with Crippen molar-refractivity contribution in [2.45, 2.75) is 51.8 Å². The van der Waals surface area contributed by atoms with E-state index in [1.165, 1.54) is 23.1 Å². The monoisotopic (exact) mass is 427 g/mol. The number of rotatable bonds is 8. The third-order valence-corrected chi connectivity index (χ3v) is 6.37. The maximum Gasteiger partial charge on any atom is 0.346 e. The van der Waals surface area contributed by atoms with Crippen LogP contribution in [0.25, 0.3) is 0 Å². The van der Waals surface area contributed by atoms with Crippen LogP contribution in [0.5, 0.6) is 0 Å². The van der Waals surface area contributed by atoms with Crippen molar-refractivity contribution in [1.82, 2.24) is 24.6 Å². The molecule has 0 saturated carbocycles. The van der Waals surface area contributed by atoms with Crippen molar-refractivity contribution >= 4 is 5.91 Å². The maximum atomic E-state index is 12.4. The zero-order valence-corrected chi connectivity index (χ0v) is 18.3. The number of ether oxygens (including phenoxy) is 1. The van der Waals surface area contributed by atoms with E-state index in [4.69, 9.17) is 4.74 Å². The molecule has 8 heteroatoms. The maximum absolute atomic E-state index is 12.4. The van der Waals surface area contributed by atoms with Crippen molar-refractivity contribution in [2.24, 2.45) is 5.92 Å². The van der Waals surface area contributed by atoms with E-state index < -0.39 is 6.10 Å². The van der Waals surface area contributed by atoms with Gasteiger partial charge in [0.2, 0.25) is 5.91 Å². The Morgan fingerprint density at radius 1 is 1.19 bits per heavy atom.